The molecule has 2 aromatic rings. The second kappa shape index (κ2) is 8.16. The fourth-order valence-electron chi connectivity index (χ4n) is 3.20. The summed E-state index contributed by atoms with van der Waals surface area (Å²) in [4.78, 5) is 26.6. The molecule has 148 valence electrons. The number of aryl methyl sites for hydroxylation is 1. The number of aromatic nitrogens is 1. The van der Waals surface area contributed by atoms with Crippen LogP contribution >= 0.6 is 0 Å². The average Bonchev–Trinajstić information content (AvgIpc) is 3.04. The molecular formula is C20H24N4O4. The van der Waals surface area contributed by atoms with E-state index in [4.69, 9.17) is 10.5 Å². The summed E-state index contributed by atoms with van der Waals surface area (Å²) in [5.41, 5.74) is 8.61. The SMILES string of the molecule is Cc1[nH]ccc1/C(=C\N(C)C=O)c1cc([N+](=O)[O-])c(N)cc1OCC1CCC1. The number of carbonyl (C=O) groups is 1. The van der Waals surface area contributed by atoms with Crippen molar-refractivity contribution in [3.8, 4) is 5.75 Å². The molecule has 0 unspecified atom stereocenters. The van der Waals surface area contributed by atoms with Crippen LogP contribution in [0.1, 0.15) is 36.1 Å². The van der Waals surface area contributed by atoms with E-state index in [0.717, 1.165) is 24.1 Å². The molecule has 1 aromatic carbocycles. The number of nitrogens with two attached hydrogens (primary N) is 1. The molecule has 1 saturated carbocycles. The molecule has 1 aliphatic rings. The number of nitrogens with one attached hydrogen (secondary N) is 1. The van der Waals surface area contributed by atoms with E-state index in [1.54, 1.807) is 19.4 Å². The standard InChI is InChI=1S/C20H24N4O4/c1-13-15(6-7-22-13)17(10-23(2)12-25)16-8-19(24(26)27)18(21)9-20(16)28-11-14-4-3-5-14/h6-10,12,14,22H,3-5,11,21H2,1-2H3/b17-10+. The zero-order valence-corrected chi connectivity index (χ0v) is 16.0. The molecular weight excluding hydrogens is 360 g/mol. The highest BCUT2D eigenvalue weighted by molar-refractivity contribution is 5.87. The normalized spacial score (nSPS) is 14.4. The van der Waals surface area contributed by atoms with Gasteiger partial charge in [-0.3, -0.25) is 14.9 Å². The topological polar surface area (TPSA) is 114 Å². The van der Waals surface area contributed by atoms with Crippen molar-refractivity contribution >= 4 is 23.4 Å². The molecule has 8 nitrogen and oxygen atoms in total. The molecule has 0 aliphatic heterocycles. The summed E-state index contributed by atoms with van der Waals surface area (Å²) >= 11 is 0. The van der Waals surface area contributed by atoms with E-state index in [1.165, 1.54) is 23.5 Å². The zero-order valence-electron chi connectivity index (χ0n) is 16.0. The number of ether oxygens (including phenoxy) is 1. The van der Waals surface area contributed by atoms with Crippen LogP contribution in [-0.2, 0) is 4.79 Å². The van der Waals surface area contributed by atoms with Gasteiger partial charge >= 0.3 is 0 Å². The maximum atomic E-state index is 11.5. The first kappa shape index (κ1) is 19.5. The highest BCUT2D eigenvalue weighted by Gasteiger charge is 2.24. The van der Waals surface area contributed by atoms with Gasteiger partial charge in [0.1, 0.15) is 11.4 Å². The van der Waals surface area contributed by atoms with Gasteiger partial charge in [0.2, 0.25) is 6.41 Å². The van der Waals surface area contributed by atoms with E-state index in [-0.39, 0.29) is 11.4 Å². The molecule has 0 saturated heterocycles. The van der Waals surface area contributed by atoms with Crippen LogP contribution in [0, 0.1) is 23.0 Å². The minimum Gasteiger partial charge on any atom is -0.493 e. The van der Waals surface area contributed by atoms with E-state index in [2.05, 4.69) is 4.98 Å². The Hall–Kier alpha value is -3.29. The van der Waals surface area contributed by atoms with E-state index in [0.29, 0.717) is 35.8 Å². The maximum Gasteiger partial charge on any atom is 0.293 e. The maximum absolute atomic E-state index is 11.5. The average molecular weight is 384 g/mol. The Morgan fingerprint density at radius 1 is 1.43 bits per heavy atom. The quantitative estimate of drug-likeness (QED) is 0.313. The zero-order chi connectivity index (χ0) is 20.3. The number of rotatable bonds is 8. The van der Waals surface area contributed by atoms with Crippen LogP contribution in [0.15, 0.2) is 30.6 Å². The first-order valence-corrected chi connectivity index (χ1v) is 9.15. The van der Waals surface area contributed by atoms with Gasteiger partial charge in [-0.1, -0.05) is 6.42 Å². The van der Waals surface area contributed by atoms with Gasteiger partial charge in [0.05, 0.1) is 11.5 Å². The molecule has 1 aromatic heterocycles. The lowest BCUT2D eigenvalue weighted by Gasteiger charge is -2.26. The molecule has 0 atom stereocenters. The van der Waals surface area contributed by atoms with Gasteiger partial charge in [-0.2, -0.15) is 0 Å². The number of benzene rings is 1. The molecule has 3 rings (SSSR count). The largest absolute Gasteiger partial charge is 0.493 e. The number of H-pyrrole nitrogens is 1. The van der Waals surface area contributed by atoms with Crippen molar-refractivity contribution in [2.45, 2.75) is 26.2 Å². The predicted octanol–water partition coefficient (Wildman–Crippen LogP) is 3.47. The number of carbonyl (C=O) groups excluding carboxylic acids is 1. The van der Waals surface area contributed by atoms with Gasteiger partial charge < -0.3 is 20.4 Å². The number of nitrogens with zero attached hydrogens (tertiary/aromatic N) is 2. The van der Waals surface area contributed by atoms with E-state index in [1.807, 2.05) is 13.0 Å². The molecule has 0 spiro atoms. The molecule has 1 heterocycles. The van der Waals surface area contributed by atoms with Crippen molar-refractivity contribution in [2.24, 2.45) is 5.92 Å². The molecule has 3 N–H and O–H groups in total. The Morgan fingerprint density at radius 3 is 2.71 bits per heavy atom. The van der Waals surface area contributed by atoms with Crippen molar-refractivity contribution in [2.75, 3.05) is 19.4 Å². The van der Waals surface area contributed by atoms with Gasteiger partial charge in [-0.15, -0.1) is 0 Å². The summed E-state index contributed by atoms with van der Waals surface area (Å²) in [7, 11) is 1.61. The van der Waals surface area contributed by atoms with E-state index in [9.17, 15) is 14.9 Å². The summed E-state index contributed by atoms with van der Waals surface area (Å²) in [5, 5.41) is 11.5. The number of hydrogen-bond acceptors (Lipinski definition) is 5. The Balaban J connectivity index is 2.13. The first-order valence-electron chi connectivity index (χ1n) is 9.15. The Bertz CT molecular complexity index is 915. The molecule has 8 heteroatoms. The molecule has 1 amide bonds. The van der Waals surface area contributed by atoms with E-state index < -0.39 is 4.92 Å². The second-order valence-corrected chi connectivity index (χ2v) is 7.10. The van der Waals surface area contributed by atoms with E-state index >= 15 is 0 Å². The fraction of sp³-hybridized carbons (Fsp3) is 0.350. The molecule has 28 heavy (non-hydrogen) atoms. The number of amides is 1. The number of aromatic amines is 1. The first-order chi connectivity index (χ1) is 13.4. The summed E-state index contributed by atoms with van der Waals surface area (Å²) in [6, 6.07) is 4.78. The van der Waals surface area contributed by atoms with Crippen molar-refractivity contribution in [3.05, 3.63) is 57.5 Å². The van der Waals surface area contributed by atoms with Crippen molar-refractivity contribution in [3.63, 3.8) is 0 Å². The molecule has 1 fully saturated rings. The van der Waals surface area contributed by atoms with Crippen molar-refractivity contribution in [1.29, 1.82) is 0 Å². The molecule has 0 bridgehead atoms. The number of nitro benzene ring substituents is 1. The van der Waals surface area contributed by atoms with Crippen LogP contribution in [0.3, 0.4) is 0 Å². The number of hydrogen-bond donors (Lipinski definition) is 2. The van der Waals surface area contributed by atoms with Crippen LogP contribution in [0.4, 0.5) is 11.4 Å². The van der Waals surface area contributed by atoms with Gasteiger partial charge in [0.15, 0.2) is 0 Å². The molecule has 1 aliphatic carbocycles. The fourth-order valence-corrected chi connectivity index (χ4v) is 3.20. The van der Waals surface area contributed by atoms with Crippen LogP contribution < -0.4 is 10.5 Å². The minimum absolute atomic E-state index is 0.0474. The van der Waals surface area contributed by atoms with Gasteiger partial charge in [-0.05, 0) is 31.7 Å². The third kappa shape index (κ3) is 4.00. The van der Waals surface area contributed by atoms with Crippen LogP contribution in [-0.4, -0.2) is 34.9 Å². The summed E-state index contributed by atoms with van der Waals surface area (Å²) in [6.45, 7) is 2.43. The summed E-state index contributed by atoms with van der Waals surface area (Å²) in [6.07, 6.45) is 7.51. The van der Waals surface area contributed by atoms with Gasteiger partial charge in [0, 0.05) is 54.0 Å². The van der Waals surface area contributed by atoms with Crippen molar-refractivity contribution < 1.29 is 14.5 Å². The van der Waals surface area contributed by atoms with Crippen LogP contribution in [0.5, 0.6) is 5.75 Å². The summed E-state index contributed by atoms with van der Waals surface area (Å²) < 4.78 is 6.03. The number of nitro groups is 1. The summed E-state index contributed by atoms with van der Waals surface area (Å²) in [5.74, 6) is 0.962. The Morgan fingerprint density at radius 2 is 2.18 bits per heavy atom. The number of nitrogen functional groups attached to an aromatic ring is 1. The third-order valence-corrected chi connectivity index (χ3v) is 5.06. The monoisotopic (exact) mass is 384 g/mol. The molecule has 0 radical (unpaired) electrons. The lowest BCUT2D eigenvalue weighted by atomic mass is 9.86. The number of anilines is 1. The Labute approximate surface area is 163 Å². The minimum atomic E-state index is -0.514. The predicted molar refractivity (Wildman–Crippen MR) is 107 cm³/mol. The highest BCUT2D eigenvalue weighted by Crippen LogP contribution is 2.39. The lowest BCUT2D eigenvalue weighted by molar-refractivity contribution is -0.383. The lowest BCUT2D eigenvalue weighted by Crippen LogP contribution is -2.20. The van der Waals surface area contributed by atoms with Gasteiger partial charge in [-0.25, -0.2) is 0 Å². The van der Waals surface area contributed by atoms with Crippen molar-refractivity contribution in [1.82, 2.24) is 9.88 Å². The Kier molecular flexibility index (Phi) is 5.67. The van der Waals surface area contributed by atoms with Gasteiger partial charge in [0.25, 0.3) is 5.69 Å². The third-order valence-electron chi connectivity index (χ3n) is 5.06. The smallest absolute Gasteiger partial charge is 0.293 e. The second-order valence-electron chi connectivity index (χ2n) is 7.10. The van der Waals surface area contributed by atoms with Crippen LogP contribution in [0.25, 0.3) is 5.57 Å². The highest BCUT2D eigenvalue weighted by atomic mass is 16.6. The van der Waals surface area contributed by atoms with Crippen LogP contribution in [0.2, 0.25) is 0 Å².